The Kier molecular flexibility index (Phi) is 6.94. The van der Waals surface area contributed by atoms with Crippen LogP contribution in [0.15, 0.2) is 35.6 Å². The van der Waals surface area contributed by atoms with E-state index in [1.807, 2.05) is 41.4 Å². The first kappa shape index (κ1) is 23.4. The smallest absolute Gasteiger partial charge is 0.230 e. The van der Waals surface area contributed by atoms with Gasteiger partial charge in [0.05, 0.1) is 36.8 Å². The van der Waals surface area contributed by atoms with Crippen molar-refractivity contribution >= 4 is 46.1 Å². The van der Waals surface area contributed by atoms with E-state index in [4.69, 9.17) is 26.3 Å². The number of aromatic nitrogens is 4. The molecule has 180 valence electrons. The van der Waals surface area contributed by atoms with Crippen LogP contribution in [0.2, 0.25) is 5.02 Å². The molecule has 2 fully saturated rings. The molecule has 1 aromatic carbocycles. The normalized spacial score (nSPS) is 17.9. The van der Waals surface area contributed by atoms with Gasteiger partial charge in [-0.2, -0.15) is 5.10 Å². The summed E-state index contributed by atoms with van der Waals surface area (Å²) in [5.74, 6) is 0.984. The molecule has 1 saturated carbocycles. The lowest BCUT2D eigenvalue weighted by Gasteiger charge is -2.28. The SMILES string of the molecule is CSc1nc(N2CCOCC2)c2cnn(CCNC(=O)C3(c4ccc(Cl)cc4)CCCC3)c2n1. The van der Waals surface area contributed by atoms with E-state index in [1.165, 1.54) is 11.8 Å². The van der Waals surface area contributed by atoms with E-state index < -0.39 is 5.41 Å². The molecule has 10 heteroatoms. The summed E-state index contributed by atoms with van der Waals surface area (Å²) in [4.78, 5) is 25.1. The lowest BCUT2D eigenvalue weighted by atomic mass is 9.78. The van der Waals surface area contributed by atoms with Crippen LogP contribution in [0.3, 0.4) is 0 Å². The number of carbonyl (C=O) groups excluding carboxylic acids is 1. The fourth-order valence-electron chi connectivity index (χ4n) is 5.03. The number of nitrogens with zero attached hydrogens (tertiary/aromatic N) is 5. The number of benzene rings is 1. The quantitative estimate of drug-likeness (QED) is 0.391. The number of hydrogen-bond acceptors (Lipinski definition) is 7. The van der Waals surface area contributed by atoms with Gasteiger partial charge >= 0.3 is 0 Å². The second-order valence-corrected chi connectivity index (χ2v) is 10.0. The van der Waals surface area contributed by atoms with Crippen molar-refractivity contribution in [2.24, 2.45) is 0 Å². The molecule has 1 aliphatic carbocycles. The van der Waals surface area contributed by atoms with Gasteiger partial charge in [-0.3, -0.25) is 4.79 Å². The number of morpholine rings is 1. The van der Waals surface area contributed by atoms with E-state index in [2.05, 4.69) is 15.3 Å². The Morgan fingerprint density at radius 1 is 1.18 bits per heavy atom. The van der Waals surface area contributed by atoms with E-state index in [9.17, 15) is 4.79 Å². The molecule has 1 N–H and O–H groups in total. The van der Waals surface area contributed by atoms with E-state index >= 15 is 0 Å². The van der Waals surface area contributed by atoms with Crippen LogP contribution in [0.4, 0.5) is 5.82 Å². The monoisotopic (exact) mass is 500 g/mol. The molecule has 0 radical (unpaired) electrons. The largest absolute Gasteiger partial charge is 0.378 e. The van der Waals surface area contributed by atoms with Crippen molar-refractivity contribution in [3.63, 3.8) is 0 Å². The van der Waals surface area contributed by atoms with Crippen LogP contribution in [0.5, 0.6) is 0 Å². The summed E-state index contributed by atoms with van der Waals surface area (Å²) in [5, 5.41) is 10.1. The molecule has 0 unspecified atom stereocenters. The number of halogens is 1. The number of fused-ring (bicyclic) bond motifs is 1. The van der Waals surface area contributed by atoms with Gasteiger partial charge in [0, 0.05) is 24.7 Å². The van der Waals surface area contributed by atoms with Crippen molar-refractivity contribution in [1.82, 2.24) is 25.1 Å². The van der Waals surface area contributed by atoms with Gasteiger partial charge in [0.15, 0.2) is 10.8 Å². The molecule has 0 spiro atoms. The van der Waals surface area contributed by atoms with Crippen molar-refractivity contribution in [2.45, 2.75) is 42.8 Å². The Labute approximate surface area is 208 Å². The van der Waals surface area contributed by atoms with Gasteiger partial charge in [-0.15, -0.1) is 0 Å². The third-order valence-electron chi connectivity index (χ3n) is 6.85. The second-order valence-electron chi connectivity index (χ2n) is 8.79. The second kappa shape index (κ2) is 10.1. The fraction of sp³-hybridized carbons (Fsp3) is 0.500. The molecule has 1 aliphatic heterocycles. The number of carbonyl (C=O) groups is 1. The molecule has 3 aromatic rings. The molecular formula is C24H29ClN6O2S. The van der Waals surface area contributed by atoms with Crippen molar-refractivity contribution < 1.29 is 9.53 Å². The molecule has 0 bridgehead atoms. The van der Waals surface area contributed by atoms with Crippen LogP contribution in [-0.4, -0.2) is 64.8 Å². The van der Waals surface area contributed by atoms with E-state index in [0.29, 0.717) is 36.5 Å². The van der Waals surface area contributed by atoms with E-state index in [1.54, 1.807) is 0 Å². The molecule has 0 atom stereocenters. The highest BCUT2D eigenvalue weighted by Gasteiger charge is 2.42. The number of thioether (sulfide) groups is 1. The Morgan fingerprint density at radius 3 is 2.62 bits per heavy atom. The molecule has 34 heavy (non-hydrogen) atoms. The Bertz CT molecular complexity index is 1160. The van der Waals surface area contributed by atoms with Gasteiger partial charge in [-0.25, -0.2) is 14.6 Å². The molecule has 1 amide bonds. The topological polar surface area (TPSA) is 85.2 Å². The highest BCUT2D eigenvalue weighted by atomic mass is 35.5. The minimum Gasteiger partial charge on any atom is -0.378 e. The molecule has 5 rings (SSSR count). The molecule has 8 nitrogen and oxygen atoms in total. The first-order chi connectivity index (χ1) is 16.6. The number of anilines is 1. The van der Waals surface area contributed by atoms with Gasteiger partial charge in [-0.1, -0.05) is 48.3 Å². The van der Waals surface area contributed by atoms with Crippen LogP contribution in [0.25, 0.3) is 11.0 Å². The van der Waals surface area contributed by atoms with E-state index in [0.717, 1.165) is 61.2 Å². The van der Waals surface area contributed by atoms with Crippen molar-refractivity contribution in [1.29, 1.82) is 0 Å². The van der Waals surface area contributed by atoms with Gasteiger partial charge in [0.2, 0.25) is 5.91 Å². The third-order valence-corrected chi connectivity index (χ3v) is 7.65. The van der Waals surface area contributed by atoms with E-state index in [-0.39, 0.29) is 5.91 Å². The summed E-state index contributed by atoms with van der Waals surface area (Å²) in [5.41, 5.74) is 1.36. The average molecular weight is 501 g/mol. The van der Waals surface area contributed by atoms with Gasteiger partial charge in [0.25, 0.3) is 0 Å². The van der Waals surface area contributed by atoms with Crippen molar-refractivity contribution in [3.05, 3.63) is 41.0 Å². The lowest BCUT2D eigenvalue weighted by molar-refractivity contribution is -0.126. The zero-order chi connectivity index (χ0) is 23.5. The first-order valence-electron chi connectivity index (χ1n) is 11.8. The van der Waals surface area contributed by atoms with Crippen molar-refractivity contribution in [2.75, 3.05) is 44.0 Å². The first-order valence-corrected chi connectivity index (χ1v) is 13.4. The fourth-order valence-corrected chi connectivity index (χ4v) is 5.51. The van der Waals surface area contributed by atoms with Gasteiger partial charge < -0.3 is 15.0 Å². The number of ether oxygens (including phenoxy) is 1. The lowest BCUT2D eigenvalue weighted by Crippen LogP contribution is -2.43. The Balaban J connectivity index is 1.33. The summed E-state index contributed by atoms with van der Waals surface area (Å²) < 4.78 is 7.37. The zero-order valence-corrected chi connectivity index (χ0v) is 20.9. The molecule has 2 aliphatic rings. The number of hydrogen-bond donors (Lipinski definition) is 1. The summed E-state index contributed by atoms with van der Waals surface area (Å²) >= 11 is 7.60. The number of amides is 1. The third kappa shape index (κ3) is 4.48. The van der Waals surface area contributed by atoms with Crippen molar-refractivity contribution in [3.8, 4) is 0 Å². The van der Waals surface area contributed by atoms with Crippen LogP contribution in [0.1, 0.15) is 31.2 Å². The predicted octanol–water partition coefficient (Wildman–Crippen LogP) is 3.67. The standard InChI is InChI=1S/C24H29ClN6O2S/c1-34-23-28-20(30-12-14-33-15-13-30)19-16-27-31(21(19)29-23)11-10-26-22(32)24(8-2-3-9-24)17-4-6-18(25)7-5-17/h4-7,16H,2-3,8-15H2,1H3,(H,26,32). The maximum absolute atomic E-state index is 13.4. The minimum atomic E-state index is -0.478. The highest BCUT2D eigenvalue weighted by Crippen LogP contribution is 2.41. The summed E-state index contributed by atoms with van der Waals surface area (Å²) in [7, 11) is 0. The van der Waals surface area contributed by atoms with Crippen LogP contribution in [0, 0.1) is 0 Å². The minimum absolute atomic E-state index is 0.0808. The van der Waals surface area contributed by atoms with Crippen LogP contribution in [-0.2, 0) is 21.5 Å². The summed E-state index contributed by atoms with van der Waals surface area (Å²) in [6, 6.07) is 7.72. The number of rotatable bonds is 7. The summed E-state index contributed by atoms with van der Waals surface area (Å²) in [6.07, 6.45) is 7.63. The summed E-state index contributed by atoms with van der Waals surface area (Å²) in [6.45, 7) is 4.00. The molecular weight excluding hydrogens is 472 g/mol. The molecule has 1 saturated heterocycles. The average Bonchev–Trinajstić information content (AvgIpc) is 3.53. The van der Waals surface area contributed by atoms with Gasteiger partial charge in [-0.05, 0) is 36.8 Å². The van der Waals surface area contributed by atoms with Gasteiger partial charge in [0.1, 0.15) is 5.82 Å². The maximum atomic E-state index is 13.4. The van der Waals surface area contributed by atoms with Crippen LogP contribution >= 0.6 is 23.4 Å². The predicted molar refractivity (Wildman–Crippen MR) is 135 cm³/mol. The molecule has 3 heterocycles. The Morgan fingerprint density at radius 2 is 1.91 bits per heavy atom. The number of nitrogens with one attached hydrogen (secondary N) is 1. The molecule has 2 aromatic heterocycles. The van der Waals surface area contributed by atoms with Crippen LogP contribution < -0.4 is 10.2 Å². The maximum Gasteiger partial charge on any atom is 0.230 e. The highest BCUT2D eigenvalue weighted by molar-refractivity contribution is 7.98. The zero-order valence-electron chi connectivity index (χ0n) is 19.3. The Hall–Kier alpha value is -2.36.